The Morgan fingerprint density at radius 3 is 2.75 bits per heavy atom. The van der Waals surface area contributed by atoms with Crippen molar-refractivity contribution >= 4 is 11.7 Å². The topological polar surface area (TPSA) is 86.2 Å². The van der Waals surface area contributed by atoms with E-state index in [-0.39, 0.29) is 12.4 Å². The minimum Gasteiger partial charge on any atom is -0.394 e. The maximum absolute atomic E-state index is 9.30. The number of amidine groups is 1. The summed E-state index contributed by atoms with van der Waals surface area (Å²) in [5.41, 5.74) is 5.62. The molecule has 88 valence electrons. The maximum Gasteiger partial charge on any atom is 0.139 e. The van der Waals surface area contributed by atoms with Crippen molar-refractivity contribution < 1.29 is 5.11 Å². The number of aliphatic hydroxyl groups is 1. The van der Waals surface area contributed by atoms with Gasteiger partial charge in [0.25, 0.3) is 0 Å². The lowest BCUT2D eigenvalue weighted by Crippen LogP contribution is -2.45. The minimum atomic E-state index is -0.446. The number of likely N-dealkylation sites (N-methyl/N-ethyl adjacent to an activating group) is 1. The van der Waals surface area contributed by atoms with Gasteiger partial charge < -0.3 is 15.7 Å². The summed E-state index contributed by atoms with van der Waals surface area (Å²) in [5, 5.41) is 16.8. The van der Waals surface area contributed by atoms with Crippen LogP contribution in [0.15, 0.2) is 18.3 Å². The fourth-order valence-electron chi connectivity index (χ4n) is 1.27. The molecule has 0 radical (unpaired) electrons. The van der Waals surface area contributed by atoms with Crippen LogP contribution in [0.1, 0.15) is 19.4 Å². The van der Waals surface area contributed by atoms with Crippen LogP contribution in [0.5, 0.6) is 0 Å². The number of nitrogen functional groups attached to an aromatic ring is 1. The number of aromatic nitrogens is 1. The van der Waals surface area contributed by atoms with Crippen molar-refractivity contribution in [3.05, 3.63) is 23.9 Å². The van der Waals surface area contributed by atoms with E-state index in [1.54, 1.807) is 18.3 Å². The van der Waals surface area contributed by atoms with Gasteiger partial charge in [0.1, 0.15) is 11.7 Å². The van der Waals surface area contributed by atoms with Gasteiger partial charge in [-0.05, 0) is 26.0 Å². The summed E-state index contributed by atoms with van der Waals surface area (Å²) < 4.78 is 0. The van der Waals surface area contributed by atoms with E-state index in [1.807, 2.05) is 25.8 Å². The summed E-state index contributed by atoms with van der Waals surface area (Å²) in [6, 6.07) is 3.48. The molecule has 5 nitrogen and oxygen atoms in total. The fourth-order valence-corrected chi connectivity index (χ4v) is 1.27. The SMILES string of the molecule is CN(c1ncccc1C(=N)N)C(C)(C)CO. The van der Waals surface area contributed by atoms with Gasteiger partial charge in [-0.1, -0.05) is 0 Å². The molecule has 1 aromatic heterocycles. The van der Waals surface area contributed by atoms with Crippen LogP contribution in [-0.2, 0) is 0 Å². The van der Waals surface area contributed by atoms with E-state index in [9.17, 15) is 5.11 Å². The van der Waals surface area contributed by atoms with Gasteiger partial charge in [-0.3, -0.25) is 5.41 Å². The molecule has 0 atom stereocenters. The third-order valence-electron chi connectivity index (χ3n) is 2.69. The van der Waals surface area contributed by atoms with Gasteiger partial charge in [0.05, 0.1) is 17.7 Å². The van der Waals surface area contributed by atoms with E-state index in [0.29, 0.717) is 11.4 Å². The zero-order chi connectivity index (χ0) is 12.3. The molecule has 0 aromatic carbocycles. The largest absolute Gasteiger partial charge is 0.394 e. The lowest BCUT2D eigenvalue weighted by Gasteiger charge is -2.35. The van der Waals surface area contributed by atoms with Gasteiger partial charge in [0.15, 0.2) is 0 Å². The number of anilines is 1. The average molecular weight is 222 g/mol. The molecule has 1 aromatic rings. The Labute approximate surface area is 95.4 Å². The summed E-state index contributed by atoms with van der Waals surface area (Å²) in [6.45, 7) is 3.79. The first-order valence-corrected chi connectivity index (χ1v) is 5.04. The highest BCUT2D eigenvalue weighted by molar-refractivity contribution is 5.99. The standard InChI is InChI=1S/C11H18N4O/c1-11(2,7-16)15(3)10-8(9(12)13)5-4-6-14-10/h4-6,16H,7H2,1-3H3,(H3,12,13). The number of rotatable bonds is 4. The smallest absolute Gasteiger partial charge is 0.139 e. The van der Waals surface area contributed by atoms with Gasteiger partial charge in [-0.2, -0.15) is 0 Å². The van der Waals surface area contributed by atoms with Crippen molar-refractivity contribution in [3.8, 4) is 0 Å². The molecule has 1 rings (SSSR count). The van der Waals surface area contributed by atoms with Crippen molar-refractivity contribution in [2.75, 3.05) is 18.6 Å². The zero-order valence-corrected chi connectivity index (χ0v) is 9.86. The van der Waals surface area contributed by atoms with Gasteiger partial charge in [-0.25, -0.2) is 4.98 Å². The Balaban J connectivity index is 3.18. The maximum atomic E-state index is 9.30. The number of hydrogen-bond acceptors (Lipinski definition) is 4. The number of aliphatic hydroxyl groups excluding tert-OH is 1. The molecule has 5 heteroatoms. The second kappa shape index (κ2) is 4.49. The molecule has 0 amide bonds. The highest BCUT2D eigenvalue weighted by atomic mass is 16.3. The number of nitrogens with two attached hydrogens (primary N) is 1. The van der Waals surface area contributed by atoms with E-state index in [4.69, 9.17) is 11.1 Å². The van der Waals surface area contributed by atoms with Crippen molar-refractivity contribution in [1.29, 1.82) is 5.41 Å². The molecule has 0 spiro atoms. The molecule has 4 N–H and O–H groups in total. The monoisotopic (exact) mass is 222 g/mol. The van der Waals surface area contributed by atoms with Crippen LogP contribution in [0.3, 0.4) is 0 Å². The number of nitrogens with one attached hydrogen (secondary N) is 1. The zero-order valence-electron chi connectivity index (χ0n) is 9.86. The molecular formula is C11H18N4O. The molecule has 0 fully saturated rings. The summed E-state index contributed by atoms with van der Waals surface area (Å²) in [4.78, 5) is 6.03. The highest BCUT2D eigenvalue weighted by Gasteiger charge is 2.25. The van der Waals surface area contributed by atoms with Gasteiger partial charge in [-0.15, -0.1) is 0 Å². The number of nitrogens with zero attached hydrogens (tertiary/aromatic N) is 2. The molecule has 0 aliphatic heterocycles. The molecule has 16 heavy (non-hydrogen) atoms. The van der Waals surface area contributed by atoms with E-state index < -0.39 is 5.54 Å². The molecule has 0 unspecified atom stereocenters. The first kappa shape index (κ1) is 12.4. The van der Waals surface area contributed by atoms with Crippen molar-refractivity contribution in [2.45, 2.75) is 19.4 Å². The van der Waals surface area contributed by atoms with Gasteiger partial charge in [0.2, 0.25) is 0 Å². The third-order valence-corrected chi connectivity index (χ3v) is 2.69. The first-order valence-electron chi connectivity index (χ1n) is 5.04. The average Bonchev–Trinajstić information content (AvgIpc) is 2.28. The molecular weight excluding hydrogens is 204 g/mol. The first-order chi connectivity index (χ1) is 7.40. The normalized spacial score (nSPS) is 11.2. The Bertz CT molecular complexity index is 389. The van der Waals surface area contributed by atoms with E-state index >= 15 is 0 Å². The van der Waals surface area contributed by atoms with E-state index in [2.05, 4.69) is 4.98 Å². The van der Waals surface area contributed by atoms with Crippen LogP contribution in [0, 0.1) is 5.41 Å². The summed E-state index contributed by atoms with van der Waals surface area (Å²) in [6.07, 6.45) is 1.64. The van der Waals surface area contributed by atoms with Crippen LogP contribution in [-0.4, -0.2) is 35.1 Å². The third kappa shape index (κ3) is 2.30. The Morgan fingerprint density at radius 1 is 1.62 bits per heavy atom. The molecule has 0 saturated heterocycles. The van der Waals surface area contributed by atoms with Crippen molar-refractivity contribution in [3.63, 3.8) is 0 Å². The lowest BCUT2D eigenvalue weighted by atomic mass is 10.0. The van der Waals surface area contributed by atoms with Crippen molar-refractivity contribution in [1.82, 2.24) is 4.98 Å². The summed E-state index contributed by atoms with van der Waals surface area (Å²) in [7, 11) is 1.82. The molecule has 0 aliphatic carbocycles. The number of pyridine rings is 1. The molecule has 0 aliphatic rings. The Hall–Kier alpha value is -1.62. The van der Waals surface area contributed by atoms with Crippen LogP contribution >= 0.6 is 0 Å². The van der Waals surface area contributed by atoms with Gasteiger partial charge >= 0.3 is 0 Å². The molecule has 0 bridgehead atoms. The van der Waals surface area contributed by atoms with E-state index in [0.717, 1.165) is 0 Å². The highest BCUT2D eigenvalue weighted by Crippen LogP contribution is 2.22. The quantitative estimate of drug-likeness (QED) is 0.513. The van der Waals surface area contributed by atoms with Crippen LogP contribution in [0.4, 0.5) is 5.82 Å². The van der Waals surface area contributed by atoms with Gasteiger partial charge in [0, 0.05) is 13.2 Å². The molecule has 1 heterocycles. The summed E-state index contributed by atoms with van der Waals surface area (Å²) >= 11 is 0. The van der Waals surface area contributed by atoms with E-state index in [1.165, 1.54) is 0 Å². The molecule has 0 saturated carbocycles. The van der Waals surface area contributed by atoms with Crippen molar-refractivity contribution in [2.24, 2.45) is 5.73 Å². The Kier molecular flexibility index (Phi) is 3.49. The Morgan fingerprint density at radius 2 is 2.25 bits per heavy atom. The van der Waals surface area contributed by atoms with Crippen LogP contribution < -0.4 is 10.6 Å². The fraction of sp³-hybridized carbons (Fsp3) is 0.455. The van der Waals surface area contributed by atoms with Crippen LogP contribution in [0.25, 0.3) is 0 Å². The second-order valence-corrected chi connectivity index (χ2v) is 4.32. The number of hydrogen-bond donors (Lipinski definition) is 3. The van der Waals surface area contributed by atoms with Crippen LogP contribution in [0.2, 0.25) is 0 Å². The lowest BCUT2D eigenvalue weighted by molar-refractivity contribution is 0.215. The minimum absolute atomic E-state index is 0.00256. The second-order valence-electron chi connectivity index (χ2n) is 4.32. The summed E-state index contributed by atoms with van der Waals surface area (Å²) in [5.74, 6) is 0.581. The predicted octanol–water partition coefficient (Wildman–Crippen LogP) is 0.573. The predicted molar refractivity (Wildman–Crippen MR) is 64.8 cm³/mol.